The molecule has 0 atom stereocenters. The van der Waals surface area contributed by atoms with E-state index >= 15 is 0 Å². The van der Waals surface area contributed by atoms with Gasteiger partial charge in [-0.3, -0.25) is 4.57 Å². The van der Waals surface area contributed by atoms with Crippen LogP contribution in [-0.2, 0) is 6.61 Å². The summed E-state index contributed by atoms with van der Waals surface area (Å²) in [5, 5.41) is 7.93. The first-order valence-electron chi connectivity index (χ1n) is 5.41. The van der Waals surface area contributed by atoms with Gasteiger partial charge in [0.2, 0.25) is 0 Å². The lowest BCUT2D eigenvalue weighted by atomic mass is 10.0. The lowest BCUT2D eigenvalue weighted by Gasteiger charge is -2.20. The summed E-state index contributed by atoms with van der Waals surface area (Å²) in [6.45, 7) is 4.85. The molecule has 0 amide bonds. The van der Waals surface area contributed by atoms with E-state index in [9.17, 15) is 0 Å². The molecule has 1 aromatic carbocycles. The van der Waals surface area contributed by atoms with Crippen molar-refractivity contribution in [3.63, 3.8) is 0 Å². The Hall–Kier alpha value is -1.84. The van der Waals surface area contributed by atoms with Crippen molar-refractivity contribution < 1.29 is 4.74 Å². The molecule has 16 heavy (non-hydrogen) atoms. The zero-order chi connectivity index (χ0) is 11.1. The van der Waals surface area contributed by atoms with E-state index in [1.807, 2.05) is 10.6 Å². The van der Waals surface area contributed by atoms with Gasteiger partial charge in [-0.1, -0.05) is 19.9 Å². The summed E-state index contributed by atoms with van der Waals surface area (Å²) in [6, 6.07) is 6.28. The lowest BCUT2D eigenvalue weighted by molar-refractivity contribution is 0.279. The zero-order valence-corrected chi connectivity index (χ0v) is 9.34. The van der Waals surface area contributed by atoms with Crippen molar-refractivity contribution >= 4 is 0 Å². The molecule has 0 spiro atoms. The molecule has 0 N–H and O–H groups in total. The Balaban J connectivity index is 2.18. The van der Waals surface area contributed by atoms with Crippen LogP contribution in [0.2, 0.25) is 0 Å². The van der Waals surface area contributed by atoms with Gasteiger partial charge in [0.05, 0.1) is 5.69 Å². The minimum Gasteiger partial charge on any atom is -0.483 e. The van der Waals surface area contributed by atoms with E-state index < -0.39 is 0 Å². The first-order valence-corrected chi connectivity index (χ1v) is 5.41. The molecule has 0 saturated carbocycles. The molecule has 2 heterocycles. The maximum absolute atomic E-state index is 5.62. The first-order chi connectivity index (χ1) is 7.75. The SMILES string of the molecule is CC(C)c1ccc2c(c1)-n1cnnc1CO2. The largest absolute Gasteiger partial charge is 0.483 e. The van der Waals surface area contributed by atoms with Gasteiger partial charge in [-0.25, -0.2) is 0 Å². The number of hydrogen-bond donors (Lipinski definition) is 0. The fourth-order valence-electron chi connectivity index (χ4n) is 1.90. The van der Waals surface area contributed by atoms with Crippen molar-refractivity contribution in [2.24, 2.45) is 0 Å². The number of benzene rings is 1. The molecule has 4 nitrogen and oxygen atoms in total. The van der Waals surface area contributed by atoms with Crippen molar-refractivity contribution in [1.82, 2.24) is 14.8 Å². The number of rotatable bonds is 1. The molecule has 0 saturated heterocycles. The predicted molar refractivity (Wildman–Crippen MR) is 59.8 cm³/mol. The highest BCUT2D eigenvalue weighted by atomic mass is 16.5. The third-order valence-electron chi connectivity index (χ3n) is 2.88. The minimum atomic E-state index is 0.494. The van der Waals surface area contributed by atoms with Crippen molar-refractivity contribution in [2.45, 2.75) is 26.4 Å². The second-order valence-electron chi connectivity index (χ2n) is 4.29. The van der Waals surface area contributed by atoms with Crippen LogP contribution in [0.3, 0.4) is 0 Å². The van der Waals surface area contributed by atoms with Gasteiger partial charge < -0.3 is 4.74 Å². The van der Waals surface area contributed by atoms with Gasteiger partial charge in [0, 0.05) is 0 Å². The maximum atomic E-state index is 5.62. The number of aromatic nitrogens is 3. The fraction of sp³-hybridized carbons (Fsp3) is 0.333. The average Bonchev–Trinajstić information content (AvgIpc) is 2.76. The second kappa shape index (κ2) is 3.33. The highest BCUT2D eigenvalue weighted by molar-refractivity contribution is 5.51. The standard InChI is InChI=1S/C12H13N3O/c1-8(2)9-3-4-11-10(5-9)15-7-13-14-12(15)6-16-11/h3-5,7-8H,6H2,1-2H3. The summed E-state index contributed by atoms with van der Waals surface area (Å²) < 4.78 is 7.61. The van der Waals surface area contributed by atoms with E-state index in [2.05, 4.69) is 36.2 Å². The van der Waals surface area contributed by atoms with Gasteiger partial charge in [0.15, 0.2) is 5.82 Å². The summed E-state index contributed by atoms with van der Waals surface area (Å²) in [5.74, 6) is 2.26. The van der Waals surface area contributed by atoms with E-state index in [0.717, 1.165) is 17.3 Å². The van der Waals surface area contributed by atoms with Crippen molar-refractivity contribution in [3.8, 4) is 11.4 Å². The fourth-order valence-corrected chi connectivity index (χ4v) is 1.90. The number of hydrogen-bond acceptors (Lipinski definition) is 3. The molecule has 82 valence electrons. The van der Waals surface area contributed by atoms with Crippen LogP contribution in [0.1, 0.15) is 31.2 Å². The molecule has 3 rings (SSSR count). The summed E-state index contributed by atoms with van der Waals surface area (Å²) in [5.41, 5.74) is 2.33. The molecule has 0 radical (unpaired) electrons. The molecule has 0 fully saturated rings. The highest BCUT2D eigenvalue weighted by Crippen LogP contribution is 2.31. The van der Waals surface area contributed by atoms with Gasteiger partial charge in [0.25, 0.3) is 0 Å². The number of nitrogens with zero attached hydrogens (tertiary/aromatic N) is 3. The van der Waals surface area contributed by atoms with Gasteiger partial charge in [-0.2, -0.15) is 0 Å². The Morgan fingerprint density at radius 3 is 3.06 bits per heavy atom. The van der Waals surface area contributed by atoms with E-state index in [1.165, 1.54) is 5.56 Å². The molecular weight excluding hydrogens is 202 g/mol. The Kier molecular flexibility index (Phi) is 1.96. The van der Waals surface area contributed by atoms with Crippen LogP contribution in [0.25, 0.3) is 5.69 Å². The Morgan fingerprint density at radius 1 is 1.38 bits per heavy atom. The molecule has 0 unspecified atom stereocenters. The van der Waals surface area contributed by atoms with Crippen LogP contribution in [0.15, 0.2) is 24.5 Å². The van der Waals surface area contributed by atoms with Gasteiger partial charge in [-0.15, -0.1) is 10.2 Å². The molecule has 1 aromatic heterocycles. The summed E-state index contributed by atoms with van der Waals surface area (Å²) in [6.07, 6.45) is 1.74. The van der Waals surface area contributed by atoms with E-state index in [0.29, 0.717) is 12.5 Å². The van der Waals surface area contributed by atoms with Crippen LogP contribution in [-0.4, -0.2) is 14.8 Å². The van der Waals surface area contributed by atoms with E-state index in [1.54, 1.807) is 6.33 Å². The van der Waals surface area contributed by atoms with Crippen molar-refractivity contribution in [1.29, 1.82) is 0 Å². The summed E-state index contributed by atoms with van der Waals surface area (Å²) >= 11 is 0. The molecule has 1 aliphatic heterocycles. The monoisotopic (exact) mass is 215 g/mol. The van der Waals surface area contributed by atoms with Gasteiger partial charge in [0.1, 0.15) is 18.7 Å². The Labute approximate surface area is 93.9 Å². The normalized spacial score (nSPS) is 13.2. The molecular formula is C12H13N3O. The second-order valence-corrected chi connectivity index (χ2v) is 4.29. The van der Waals surface area contributed by atoms with Crippen LogP contribution >= 0.6 is 0 Å². The van der Waals surface area contributed by atoms with Gasteiger partial charge in [-0.05, 0) is 23.6 Å². The third-order valence-corrected chi connectivity index (χ3v) is 2.88. The van der Waals surface area contributed by atoms with Crippen LogP contribution in [0.4, 0.5) is 0 Å². The average molecular weight is 215 g/mol. The topological polar surface area (TPSA) is 39.9 Å². The molecule has 1 aliphatic rings. The molecule has 0 bridgehead atoms. The summed E-state index contributed by atoms with van der Waals surface area (Å²) in [7, 11) is 0. The van der Waals surface area contributed by atoms with Crippen LogP contribution in [0.5, 0.6) is 5.75 Å². The van der Waals surface area contributed by atoms with Crippen LogP contribution in [0, 0.1) is 0 Å². The first kappa shape index (κ1) is 9.39. The molecule has 4 heteroatoms. The quantitative estimate of drug-likeness (QED) is 0.732. The Bertz CT molecular complexity index is 531. The molecule has 2 aromatic rings. The Morgan fingerprint density at radius 2 is 2.25 bits per heavy atom. The van der Waals surface area contributed by atoms with E-state index in [4.69, 9.17) is 4.74 Å². The predicted octanol–water partition coefficient (Wildman–Crippen LogP) is 2.28. The van der Waals surface area contributed by atoms with Gasteiger partial charge >= 0.3 is 0 Å². The third kappa shape index (κ3) is 1.30. The highest BCUT2D eigenvalue weighted by Gasteiger charge is 2.18. The smallest absolute Gasteiger partial charge is 0.175 e. The zero-order valence-electron chi connectivity index (χ0n) is 9.34. The van der Waals surface area contributed by atoms with Crippen molar-refractivity contribution in [3.05, 3.63) is 35.9 Å². The lowest BCUT2D eigenvalue weighted by Crippen LogP contribution is -2.13. The summed E-state index contributed by atoms with van der Waals surface area (Å²) in [4.78, 5) is 0. The van der Waals surface area contributed by atoms with E-state index in [-0.39, 0.29) is 0 Å². The maximum Gasteiger partial charge on any atom is 0.175 e. The van der Waals surface area contributed by atoms with Crippen molar-refractivity contribution in [2.75, 3.05) is 0 Å². The molecule has 0 aliphatic carbocycles. The number of fused-ring (bicyclic) bond motifs is 3. The minimum absolute atomic E-state index is 0.494. The van der Waals surface area contributed by atoms with Crippen LogP contribution < -0.4 is 4.74 Å². The number of ether oxygens (including phenoxy) is 1.